The van der Waals surface area contributed by atoms with Crippen LogP contribution in [0.5, 0.6) is 0 Å². The maximum Gasteiger partial charge on any atom is 0.195 e. The topological polar surface area (TPSA) is 46.5 Å². The van der Waals surface area contributed by atoms with E-state index in [-0.39, 0.29) is 0 Å². The molecular formula is C10H12N4S. The minimum absolute atomic E-state index is 0.637. The number of nitrogens with one attached hydrogen (secondary N) is 1. The molecule has 0 aliphatic carbocycles. The standard InChI is InChI=1S/C10H12N4S/c1-3-14-9(12-13-10(14)15)8-7(2)5-4-6-11-8/h4-6H,3H2,1-2H3,(H,13,15). The predicted octanol–water partition coefficient (Wildman–Crippen LogP) is 2.33. The molecule has 0 amide bonds. The van der Waals surface area contributed by atoms with Gasteiger partial charge in [0.1, 0.15) is 5.69 Å². The van der Waals surface area contributed by atoms with Gasteiger partial charge in [0.15, 0.2) is 10.6 Å². The van der Waals surface area contributed by atoms with Crippen LogP contribution in [0.4, 0.5) is 0 Å². The number of aryl methyl sites for hydroxylation is 1. The Hall–Kier alpha value is -1.49. The van der Waals surface area contributed by atoms with E-state index in [0.717, 1.165) is 23.6 Å². The third-order valence-electron chi connectivity index (χ3n) is 2.30. The first-order valence-corrected chi connectivity index (χ1v) is 5.22. The summed E-state index contributed by atoms with van der Waals surface area (Å²) >= 11 is 5.13. The Morgan fingerprint density at radius 3 is 3.00 bits per heavy atom. The summed E-state index contributed by atoms with van der Waals surface area (Å²) in [6, 6.07) is 3.93. The molecule has 0 bridgehead atoms. The summed E-state index contributed by atoms with van der Waals surface area (Å²) in [5, 5.41) is 6.99. The summed E-state index contributed by atoms with van der Waals surface area (Å²) in [6.07, 6.45) is 1.76. The number of nitrogens with zero attached hydrogens (tertiary/aromatic N) is 3. The second kappa shape index (κ2) is 3.94. The van der Waals surface area contributed by atoms with Gasteiger partial charge in [0, 0.05) is 12.7 Å². The van der Waals surface area contributed by atoms with Crippen LogP contribution >= 0.6 is 12.2 Å². The van der Waals surface area contributed by atoms with Crippen LogP contribution < -0.4 is 0 Å². The van der Waals surface area contributed by atoms with E-state index in [2.05, 4.69) is 15.2 Å². The molecular weight excluding hydrogens is 208 g/mol. The average molecular weight is 220 g/mol. The van der Waals surface area contributed by atoms with Gasteiger partial charge in [0.05, 0.1) is 0 Å². The zero-order chi connectivity index (χ0) is 10.8. The van der Waals surface area contributed by atoms with Crippen molar-refractivity contribution in [2.75, 3.05) is 0 Å². The lowest BCUT2D eigenvalue weighted by Crippen LogP contribution is -2.00. The molecule has 0 unspecified atom stereocenters. The largest absolute Gasteiger partial charge is 0.299 e. The van der Waals surface area contributed by atoms with Gasteiger partial charge >= 0.3 is 0 Å². The molecule has 0 radical (unpaired) electrons. The van der Waals surface area contributed by atoms with E-state index >= 15 is 0 Å². The van der Waals surface area contributed by atoms with Crippen molar-refractivity contribution in [1.82, 2.24) is 19.7 Å². The maximum absolute atomic E-state index is 5.13. The second-order valence-electron chi connectivity index (χ2n) is 3.27. The molecule has 2 aromatic heterocycles. The van der Waals surface area contributed by atoms with E-state index in [0.29, 0.717) is 4.77 Å². The minimum Gasteiger partial charge on any atom is -0.299 e. The molecule has 4 nitrogen and oxygen atoms in total. The van der Waals surface area contributed by atoms with Gasteiger partial charge in [-0.25, -0.2) is 0 Å². The lowest BCUT2D eigenvalue weighted by Gasteiger charge is -2.04. The van der Waals surface area contributed by atoms with Gasteiger partial charge in [-0.1, -0.05) is 6.07 Å². The molecule has 0 fully saturated rings. The highest BCUT2D eigenvalue weighted by atomic mass is 32.1. The van der Waals surface area contributed by atoms with Gasteiger partial charge in [-0.15, -0.1) is 0 Å². The van der Waals surface area contributed by atoms with Crippen LogP contribution in [0.15, 0.2) is 18.3 Å². The van der Waals surface area contributed by atoms with E-state index in [4.69, 9.17) is 12.2 Å². The van der Waals surface area contributed by atoms with Crippen molar-refractivity contribution >= 4 is 12.2 Å². The highest BCUT2D eigenvalue weighted by molar-refractivity contribution is 7.71. The monoisotopic (exact) mass is 220 g/mol. The normalized spacial score (nSPS) is 10.5. The third-order valence-corrected chi connectivity index (χ3v) is 2.61. The molecule has 2 aromatic rings. The van der Waals surface area contributed by atoms with E-state index in [1.165, 1.54) is 0 Å². The lowest BCUT2D eigenvalue weighted by atomic mass is 10.2. The fourth-order valence-corrected chi connectivity index (χ4v) is 1.77. The van der Waals surface area contributed by atoms with E-state index < -0.39 is 0 Å². The number of hydrogen-bond acceptors (Lipinski definition) is 3. The highest BCUT2D eigenvalue weighted by Gasteiger charge is 2.10. The molecule has 0 saturated heterocycles. The van der Waals surface area contributed by atoms with Crippen LogP contribution in [0.2, 0.25) is 0 Å². The SMILES string of the molecule is CCn1c(-c2ncccc2C)n[nH]c1=S. The quantitative estimate of drug-likeness (QED) is 0.790. The van der Waals surface area contributed by atoms with Gasteiger partial charge in [-0.3, -0.25) is 14.6 Å². The Kier molecular flexibility index (Phi) is 2.64. The number of rotatable bonds is 2. The number of hydrogen-bond donors (Lipinski definition) is 1. The zero-order valence-corrected chi connectivity index (χ0v) is 9.51. The van der Waals surface area contributed by atoms with Crippen LogP contribution in [0, 0.1) is 11.7 Å². The lowest BCUT2D eigenvalue weighted by molar-refractivity contribution is 0.753. The fourth-order valence-electron chi connectivity index (χ4n) is 1.51. The van der Waals surface area contributed by atoms with E-state index in [1.54, 1.807) is 6.20 Å². The Bertz CT molecular complexity index is 526. The van der Waals surface area contributed by atoms with Gasteiger partial charge in [0.2, 0.25) is 0 Å². The van der Waals surface area contributed by atoms with Gasteiger partial charge in [-0.05, 0) is 37.7 Å². The van der Waals surface area contributed by atoms with Gasteiger partial charge < -0.3 is 0 Å². The third kappa shape index (κ3) is 1.70. The van der Waals surface area contributed by atoms with Crippen LogP contribution in [0.1, 0.15) is 12.5 Å². The van der Waals surface area contributed by atoms with Crippen molar-refractivity contribution in [1.29, 1.82) is 0 Å². The average Bonchev–Trinajstić information content (AvgIpc) is 2.60. The van der Waals surface area contributed by atoms with Crippen molar-refractivity contribution in [3.05, 3.63) is 28.7 Å². The van der Waals surface area contributed by atoms with Crippen LogP contribution in [0.25, 0.3) is 11.5 Å². The minimum atomic E-state index is 0.637. The summed E-state index contributed by atoms with van der Waals surface area (Å²) in [4.78, 5) is 4.32. The molecule has 15 heavy (non-hydrogen) atoms. The predicted molar refractivity (Wildman–Crippen MR) is 61.1 cm³/mol. The Morgan fingerprint density at radius 2 is 2.33 bits per heavy atom. The first-order chi connectivity index (χ1) is 7.24. The number of pyridine rings is 1. The molecule has 0 aliphatic rings. The summed E-state index contributed by atoms with van der Waals surface area (Å²) in [5.41, 5.74) is 1.98. The number of aromatic amines is 1. The molecule has 0 aliphatic heterocycles. The summed E-state index contributed by atoms with van der Waals surface area (Å²) in [5.74, 6) is 0.806. The molecule has 78 valence electrons. The van der Waals surface area contributed by atoms with Gasteiger partial charge in [-0.2, -0.15) is 5.10 Å². The van der Waals surface area contributed by atoms with Crippen molar-refractivity contribution in [2.45, 2.75) is 20.4 Å². The summed E-state index contributed by atoms with van der Waals surface area (Å²) < 4.78 is 2.57. The molecule has 0 spiro atoms. The number of H-pyrrole nitrogens is 1. The summed E-state index contributed by atoms with van der Waals surface area (Å²) in [7, 11) is 0. The molecule has 0 saturated carbocycles. The zero-order valence-electron chi connectivity index (χ0n) is 8.69. The fraction of sp³-hybridized carbons (Fsp3) is 0.300. The van der Waals surface area contributed by atoms with Crippen LogP contribution in [-0.4, -0.2) is 19.7 Å². The smallest absolute Gasteiger partial charge is 0.195 e. The van der Waals surface area contributed by atoms with Crippen molar-refractivity contribution in [3.8, 4) is 11.5 Å². The van der Waals surface area contributed by atoms with Crippen molar-refractivity contribution < 1.29 is 0 Å². The van der Waals surface area contributed by atoms with Crippen LogP contribution in [0.3, 0.4) is 0 Å². The Balaban J connectivity index is 2.64. The number of aromatic nitrogens is 4. The second-order valence-corrected chi connectivity index (χ2v) is 3.65. The van der Waals surface area contributed by atoms with E-state index in [1.807, 2.05) is 30.5 Å². The van der Waals surface area contributed by atoms with Crippen molar-refractivity contribution in [3.63, 3.8) is 0 Å². The maximum atomic E-state index is 5.13. The Morgan fingerprint density at radius 1 is 1.53 bits per heavy atom. The molecule has 0 aromatic carbocycles. The van der Waals surface area contributed by atoms with E-state index in [9.17, 15) is 0 Å². The van der Waals surface area contributed by atoms with Crippen LogP contribution in [-0.2, 0) is 6.54 Å². The van der Waals surface area contributed by atoms with Gasteiger partial charge in [0.25, 0.3) is 0 Å². The molecule has 2 rings (SSSR count). The first kappa shape index (κ1) is 10.0. The first-order valence-electron chi connectivity index (χ1n) is 4.81. The Labute approximate surface area is 93.0 Å². The highest BCUT2D eigenvalue weighted by Crippen LogP contribution is 2.17. The molecule has 0 atom stereocenters. The summed E-state index contributed by atoms with van der Waals surface area (Å²) in [6.45, 7) is 4.84. The molecule has 2 heterocycles. The molecule has 5 heteroatoms. The van der Waals surface area contributed by atoms with Crippen molar-refractivity contribution in [2.24, 2.45) is 0 Å². The molecule has 1 N–H and O–H groups in total.